The third kappa shape index (κ3) is 4.30. The Balaban J connectivity index is 1.47. The predicted molar refractivity (Wildman–Crippen MR) is 111 cm³/mol. The lowest BCUT2D eigenvalue weighted by atomic mass is 10.1. The van der Waals surface area contributed by atoms with E-state index < -0.39 is 0 Å². The van der Waals surface area contributed by atoms with Crippen molar-refractivity contribution >= 4 is 17.7 Å². The Labute approximate surface area is 174 Å². The van der Waals surface area contributed by atoms with E-state index in [0.717, 1.165) is 22.5 Å². The van der Waals surface area contributed by atoms with Gasteiger partial charge in [0.1, 0.15) is 0 Å². The van der Waals surface area contributed by atoms with Gasteiger partial charge < -0.3 is 5.32 Å². The molecule has 4 rings (SSSR count). The number of amides is 3. The van der Waals surface area contributed by atoms with Crippen molar-refractivity contribution in [2.45, 2.75) is 25.8 Å². The van der Waals surface area contributed by atoms with E-state index in [1.165, 1.54) is 4.90 Å². The molecular formula is C23H22N4O3. The molecule has 0 saturated carbocycles. The third-order valence-electron chi connectivity index (χ3n) is 5.05. The van der Waals surface area contributed by atoms with Gasteiger partial charge in [-0.25, -0.2) is 4.68 Å². The van der Waals surface area contributed by atoms with E-state index in [-0.39, 0.29) is 43.5 Å². The zero-order valence-corrected chi connectivity index (χ0v) is 16.5. The SMILES string of the molecule is O=C(CCN1C(=O)CCC1=O)NCc1cn(-c2ccccc2)nc1-c1ccccc1. The van der Waals surface area contributed by atoms with Crippen LogP contribution in [0.1, 0.15) is 24.8 Å². The summed E-state index contributed by atoms with van der Waals surface area (Å²) in [4.78, 5) is 36.8. The highest BCUT2D eigenvalue weighted by Crippen LogP contribution is 2.23. The van der Waals surface area contributed by atoms with Crippen LogP contribution in [0.4, 0.5) is 0 Å². The van der Waals surface area contributed by atoms with Gasteiger partial charge in [0.05, 0.1) is 11.4 Å². The lowest BCUT2D eigenvalue weighted by molar-refractivity contribution is -0.138. The second kappa shape index (κ2) is 8.73. The molecule has 2 heterocycles. The van der Waals surface area contributed by atoms with Gasteiger partial charge in [0.15, 0.2) is 0 Å². The van der Waals surface area contributed by atoms with Gasteiger partial charge in [0, 0.05) is 49.7 Å². The van der Waals surface area contributed by atoms with Crippen LogP contribution in [0.2, 0.25) is 0 Å². The van der Waals surface area contributed by atoms with Gasteiger partial charge in [0.2, 0.25) is 17.7 Å². The number of carbonyl (C=O) groups excluding carboxylic acids is 3. The summed E-state index contributed by atoms with van der Waals surface area (Å²) in [5.74, 6) is -0.624. The van der Waals surface area contributed by atoms with Crippen LogP contribution in [0.5, 0.6) is 0 Å². The first kappa shape index (κ1) is 19.6. The van der Waals surface area contributed by atoms with Crippen LogP contribution in [0.25, 0.3) is 16.9 Å². The first-order valence-corrected chi connectivity index (χ1v) is 9.91. The number of imide groups is 1. The number of carbonyl (C=O) groups is 3. The van der Waals surface area contributed by atoms with E-state index >= 15 is 0 Å². The molecule has 7 heteroatoms. The van der Waals surface area contributed by atoms with Crippen LogP contribution in [0, 0.1) is 0 Å². The first-order valence-electron chi connectivity index (χ1n) is 9.91. The molecular weight excluding hydrogens is 380 g/mol. The molecule has 0 bridgehead atoms. The number of benzene rings is 2. The molecule has 30 heavy (non-hydrogen) atoms. The smallest absolute Gasteiger partial charge is 0.229 e. The third-order valence-corrected chi connectivity index (χ3v) is 5.05. The Morgan fingerprint density at radius 3 is 2.23 bits per heavy atom. The van der Waals surface area contributed by atoms with Crippen LogP contribution in [-0.4, -0.2) is 38.9 Å². The van der Waals surface area contributed by atoms with Crippen molar-refractivity contribution in [1.82, 2.24) is 20.0 Å². The van der Waals surface area contributed by atoms with Gasteiger partial charge in [-0.3, -0.25) is 19.3 Å². The monoisotopic (exact) mass is 402 g/mol. The summed E-state index contributed by atoms with van der Waals surface area (Å²) in [5.41, 5.74) is 3.57. The molecule has 0 unspecified atom stereocenters. The van der Waals surface area contributed by atoms with Gasteiger partial charge in [-0.15, -0.1) is 0 Å². The average molecular weight is 402 g/mol. The highest BCUT2D eigenvalue weighted by molar-refractivity contribution is 6.02. The Bertz CT molecular complexity index is 1040. The first-order chi connectivity index (χ1) is 14.6. The molecule has 1 saturated heterocycles. The van der Waals surface area contributed by atoms with Gasteiger partial charge in [-0.1, -0.05) is 48.5 Å². The van der Waals surface area contributed by atoms with Gasteiger partial charge in [0.25, 0.3) is 0 Å². The predicted octanol–water partition coefficient (Wildman–Crippen LogP) is 2.69. The number of likely N-dealkylation sites (tertiary alicyclic amines) is 1. The summed E-state index contributed by atoms with van der Waals surface area (Å²) in [6.45, 7) is 0.427. The van der Waals surface area contributed by atoms with Crippen molar-refractivity contribution in [3.63, 3.8) is 0 Å². The van der Waals surface area contributed by atoms with E-state index in [4.69, 9.17) is 5.10 Å². The quantitative estimate of drug-likeness (QED) is 0.616. The maximum Gasteiger partial charge on any atom is 0.229 e. The second-order valence-electron chi connectivity index (χ2n) is 7.11. The molecule has 0 aliphatic carbocycles. The highest BCUT2D eigenvalue weighted by atomic mass is 16.2. The summed E-state index contributed by atoms with van der Waals surface area (Å²) < 4.78 is 1.80. The maximum atomic E-state index is 12.3. The molecule has 7 nitrogen and oxygen atoms in total. The van der Waals surface area contributed by atoms with Gasteiger partial charge in [-0.2, -0.15) is 5.10 Å². The molecule has 1 aliphatic rings. The fourth-order valence-corrected chi connectivity index (χ4v) is 3.46. The zero-order chi connectivity index (χ0) is 20.9. The molecule has 0 spiro atoms. The van der Waals surface area contributed by atoms with Crippen LogP contribution in [0.15, 0.2) is 66.9 Å². The van der Waals surface area contributed by atoms with Crippen LogP contribution in [-0.2, 0) is 20.9 Å². The Hall–Kier alpha value is -3.74. The van der Waals surface area contributed by atoms with E-state index in [9.17, 15) is 14.4 Å². The molecule has 0 atom stereocenters. The topological polar surface area (TPSA) is 84.3 Å². The minimum Gasteiger partial charge on any atom is -0.352 e. The minimum absolute atomic E-state index is 0.0883. The van der Waals surface area contributed by atoms with Crippen LogP contribution >= 0.6 is 0 Å². The lowest BCUT2D eigenvalue weighted by Gasteiger charge is -2.13. The number of nitrogens with zero attached hydrogens (tertiary/aromatic N) is 3. The van der Waals surface area contributed by atoms with E-state index in [0.29, 0.717) is 6.54 Å². The molecule has 1 N–H and O–H groups in total. The van der Waals surface area contributed by atoms with Crippen molar-refractivity contribution in [2.75, 3.05) is 6.54 Å². The van der Waals surface area contributed by atoms with Crippen molar-refractivity contribution < 1.29 is 14.4 Å². The summed E-state index contributed by atoms with van der Waals surface area (Å²) in [6.07, 6.45) is 2.47. The van der Waals surface area contributed by atoms with E-state index in [2.05, 4.69) is 5.32 Å². The standard InChI is InChI=1S/C23H22N4O3/c28-20(13-14-26-21(29)11-12-22(26)30)24-15-18-16-27(19-9-5-2-6-10-19)25-23(18)17-7-3-1-4-8-17/h1-10,16H,11-15H2,(H,24,28). The summed E-state index contributed by atoms with van der Waals surface area (Å²) >= 11 is 0. The lowest BCUT2D eigenvalue weighted by Crippen LogP contribution is -2.34. The zero-order valence-electron chi connectivity index (χ0n) is 16.5. The highest BCUT2D eigenvalue weighted by Gasteiger charge is 2.28. The van der Waals surface area contributed by atoms with E-state index in [1.807, 2.05) is 66.9 Å². The summed E-state index contributed by atoms with van der Waals surface area (Å²) in [6, 6.07) is 19.6. The summed E-state index contributed by atoms with van der Waals surface area (Å²) in [7, 11) is 0. The van der Waals surface area contributed by atoms with Crippen molar-refractivity contribution in [1.29, 1.82) is 0 Å². The molecule has 0 radical (unpaired) electrons. The van der Waals surface area contributed by atoms with Crippen molar-refractivity contribution in [3.8, 4) is 16.9 Å². The maximum absolute atomic E-state index is 12.3. The fourth-order valence-electron chi connectivity index (χ4n) is 3.46. The number of rotatable bonds is 7. The molecule has 152 valence electrons. The van der Waals surface area contributed by atoms with Crippen LogP contribution < -0.4 is 5.32 Å². The molecule has 3 amide bonds. The number of para-hydroxylation sites is 1. The minimum atomic E-state index is -0.214. The normalized spacial score (nSPS) is 13.7. The molecule has 2 aromatic carbocycles. The fraction of sp³-hybridized carbons (Fsp3) is 0.217. The van der Waals surface area contributed by atoms with Crippen molar-refractivity contribution in [3.05, 3.63) is 72.4 Å². The largest absolute Gasteiger partial charge is 0.352 e. The van der Waals surface area contributed by atoms with E-state index in [1.54, 1.807) is 4.68 Å². The number of hydrogen-bond acceptors (Lipinski definition) is 4. The van der Waals surface area contributed by atoms with Crippen LogP contribution in [0.3, 0.4) is 0 Å². The molecule has 3 aromatic rings. The Morgan fingerprint density at radius 2 is 1.57 bits per heavy atom. The van der Waals surface area contributed by atoms with Gasteiger partial charge in [-0.05, 0) is 12.1 Å². The van der Waals surface area contributed by atoms with Gasteiger partial charge >= 0.3 is 0 Å². The van der Waals surface area contributed by atoms with Crippen molar-refractivity contribution in [2.24, 2.45) is 0 Å². The second-order valence-corrected chi connectivity index (χ2v) is 7.11. The number of nitrogens with one attached hydrogen (secondary N) is 1. The molecule has 1 aromatic heterocycles. The Morgan fingerprint density at radius 1 is 0.933 bits per heavy atom. The molecule has 1 fully saturated rings. The Kier molecular flexibility index (Phi) is 5.70. The average Bonchev–Trinajstić information content (AvgIpc) is 3.35. The number of aromatic nitrogens is 2. The summed E-state index contributed by atoms with van der Waals surface area (Å²) in [5, 5.41) is 7.61. The number of hydrogen-bond donors (Lipinski definition) is 1. The molecule has 1 aliphatic heterocycles.